The lowest BCUT2D eigenvalue weighted by Gasteiger charge is -2.52. The van der Waals surface area contributed by atoms with Crippen molar-refractivity contribution >= 4 is 5.97 Å². The number of ether oxygens (including phenoxy) is 35. The standard InChI is InChI=1S/C66H117NO36/c1-67(2)23-38(68)89-30-37-45-52(81-15)59(88-22)66(96-37)102-44-36(29-74-8)94-64(57(86-20)51(44)80-14)100-42-34(27-72-6)92-62(55(84-18)49(42)78-12)98-40-32(25-70-4)90-60(53(82-16)47(40)76-10)97-39-31(24-69-3)91-61(54(83-17)46(39)75-9)99-41-33(26-71-5)93-63(56(85-19)48(41)77-11)101-43-35(28-73-7)95-65(103-45)58(87-21)50(43)79-13/h31-37,39-66H,23-30H2,1-22H3/t31-,32+,33-,34+,35-,36+,37-,39+,40+,41+,42+,43+,44+,45+,46-,47-,48-,49-,50-,51-,52-,53+,54+,55-,56+,57-,58+,59+,60+,61+,62+,63+,64+,65+,66+/m0/s1. The molecule has 0 aromatic carbocycles. The monoisotopic (exact) mass is 1500 g/mol. The molecule has 0 saturated carbocycles. The van der Waals surface area contributed by atoms with E-state index in [9.17, 15) is 4.79 Å². The van der Waals surface area contributed by atoms with Crippen LogP contribution in [0.15, 0.2) is 0 Å². The van der Waals surface area contributed by atoms with Crippen LogP contribution in [0.4, 0.5) is 0 Å². The van der Waals surface area contributed by atoms with E-state index in [0.29, 0.717) is 0 Å². The molecule has 21 fully saturated rings. The Labute approximate surface area is 603 Å². The first-order valence-corrected chi connectivity index (χ1v) is 34.2. The zero-order valence-electron chi connectivity index (χ0n) is 63.5. The van der Waals surface area contributed by atoms with Crippen LogP contribution in [0, 0.1) is 0 Å². The Morgan fingerprint density at radius 1 is 0.223 bits per heavy atom. The quantitative estimate of drug-likeness (QED) is 0.0700. The first-order chi connectivity index (χ1) is 49.9. The Bertz CT molecular complexity index is 2370. The van der Waals surface area contributed by atoms with Gasteiger partial charge in [0, 0.05) is 142 Å². The molecule has 0 aromatic heterocycles. The third kappa shape index (κ3) is 19.7. The molecule has 0 amide bonds. The van der Waals surface area contributed by atoms with Crippen molar-refractivity contribution < 1.29 is 171 Å². The van der Waals surface area contributed by atoms with Gasteiger partial charge in [-0.15, -0.1) is 0 Å². The fraction of sp³-hybridized carbons (Fsp3) is 0.985. The predicted octanol–water partition coefficient (Wildman–Crippen LogP) is -2.04. The maximum atomic E-state index is 13.5. The smallest absolute Gasteiger partial charge is 0.320 e. The molecule has 21 rings (SSSR count). The van der Waals surface area contributed by atoms with Crippen molar-refractivity contribution in [2.45, 2.75) is 215 Å². The van der Waals surface area contributed by atoms with Gasteiger partial charge in [0.05, 0.1) is 46.2 Å². The minimum Gasteiger partial charge on any atom is -0.462 e. The second-order valence-electron chi connectivity index (χ2n) is 26.0. The van der Waals surface area contributed by atoms with Crippen molar-refractivity contribution in [3.63, 3.8) is 0 Å². The normalized spacial score (nSPS) is 44.4. The molecule has 21 aliphatic rings. The van der Waals surface area contributed by atoms with Crippen molar-refractivity contribution in [1.29, 1.82) is 0 Å². The van der Waals surface area contributed by atoms with E-state index in [1.165, 1.54) is 142 Å². The van der Waals surface area contributed by atoms with E-state index >= 15 is 0 Å². The van der Waals surface area contributed by atoms with Crippen molar-refractivity contribution in [2.75, 3.05) is 209 Å². The highest BCUT2D eigenvalue weighted by atomic mass is 16.8. The van der Waals surface area contributed by atoms with Gasteiger partial charge in [0.15, 0.2) is 44.0 Å². The summed E-state index contributed by atoms with van der Waals surface area (Å²) >= 11 is 0. The Morgan fingerprint density at radius 2 is 0.369 bits per heavy atom. The van der Waals surface area contributed by atoms with Gasteiger partial charge < -0.3 is 166 Å². The second-order valence-corrected chi connectivity index (χ2v) is 26.0. The molecule has 21 aliphatic heterocycles. The largest absolute Gasteiger partial charge is 0.462 e. The van der Waals surface area contributed by atoms with Gasteiger partial charge in [-0.3, -0.25) is 9.69 Å². The maximum Gasteiger partial charge on any atom is 0.320 e. The molecule has 0 aliphatic carbocycles. The van der Waals surface area contributed by atoms with Crippen LogP contribution in [0.2, 0.25) is 0 Å². The molecule has 21 saturated heterocycles. The van der Waals surface area contributed by atoms with Gasteiger partial charge in [-0.05, 0) is 14.1 Å². The number of nitrogens with zero attached hydrogens (tertiary/aromatic N) is 1. The maximum absolute atomic E-state index is 13.5. The topological polar surface area (TPSA) is 343 Å². The van der Waals surface area contributed by atoms with E-state index in [4.69, 9.17) is 166 Å². The number of esters is 1. The first-order valence-electron chi connectivity index (χ1n) is 34.2. The predicted molar refractivity (Wildman–Crippen MR) is 347 cm³/mol. The van der Waals surface area contributed by atoms with E-state index in [0.717, 1.165) is 0 Å². The van der Waals surface area contributed by atoms with E-state index in [1.54, 1.807) is 19.0 Å². The molecular formula is C66H117NO36. The summed E-state index contributed by atoms with van der Waals surface area (Å²) in [6.45, 7) is -0.874. The first kappa shape index (κ1) is 86.7. The van der Waals surface area contributed by atoms with E-state index in [-0.39, 0.29) is 46.2 Å². The zero-order chi connectivity index (χ0) is 74.8. The number of methoxy groups -OCH3 is 20. The summed E-state index contributed by atoms with van der Waals surface area (Å²) in [4.78, 5) is 15.2. The minimum absolute atomic E-state index is 0.0527. The van der Waals surface area contributed by atoms with E-state index in [1.807, 2.05) is 0 Å². The summed E-state index contributed by atoms with van der Waals surface area (Å²) in [5.41, 5.74) is 0. The summed E-state index contributed by atoms with van der Waals surface area (Å²) in [5, 5.41) is 0. The lowest BCUT2D eigenvalue weighted by Crippen LogP contribution is -2.69. The number of hydrogen-bond donors (Lipinski definition) is 0. The third-order valence-corrected chi connectivity index (χ3v) is 19.8. The highest BCUT2D eigenvalue weighted by Gasteiger charge is 2.62. The number of carbonyl (C=O) groups is 1. The van der Waals surface area contributed by atoms with Crippen LogP contribution < -0.4 is 0 Å². The van der Waals surface area contributed by atoms with Crippen molar-refractivity contribution in [2.24, 2.45) is 0 Å². The van der Waals surface area contributed by atoms with Crippen LogP contribution in [0.3, 0.4) is 0 Å². The number of rotatable bonds is 30. The van der Waals surface area contributed by atoms with Gasteiger partial charge in [0.2, 0.25) is 0 Å². The number of likely N-dealkylation sites (N-methyl/N-ethyl adjacent to an activating group) is 1. The average Bonchev–Trinajstić information content (AvgIpc) is 0.779. The summed E-state index contributed by atoms with van der Waals surface area (Å²) in [7, 11) is 33.3. The molecule has 37 nitrogen and oxygen atoms in total. The van der Waals surface area contributed by atoms with E-state index < -0.39 is 228 Å². The highest BCUT2D eigenvalue weighted by molar-refractivity contribution is 5.71. The molecule has 21 heterocycles. The molecular weight excluding hydrogens is 1380 g/mol. The van der Waals surface area contributed by atoms with Crippen LogP contribution >= 0.6 is 0 Å². The Kier molecular flexibility index (Phi) is 35.7. The number of carbonyl (C=O) groups excluding carboxylic acids is 1. The fourth-order valence-electron chi connectivity index (χ4n) is 15.2. The molecule has 0 aromatic rings. The van der Waals surface area contributed by atoms with Crippen LogP contribution in [-0.2, 0) is 171 Å². The van der Waals surface area contributed by atoms with Gasteiger partial charge in [-0.25, -0.2) is 0 Å². The Balaban J connectivity index is 1.25. The van der Waals surface area contributed by atoms with Gasteiger partial charge in [0.25, 0.3) is 0 Å². The molecule has 602 valence electrons. The third-order valence-electron chi connectivity index (χ3n) is 19.8. The van der Waals surface area contributed by atoms with Crippen molar-refractivity contribution in [3.05, 3.63) is 0 Å². The molecule has 37 heteroatoms. The van der Waals surface area contributed by atoms with Crippen LogP contribution in [-0.4, -0.2) is 435 Å². The summed E-state index contributed by atoms with van der Waals surface area (Å²) in [5.74, 6) is -0.574. The van der Waals surface area contributed by atoms with Crippen LogP contribution in [0.1, 0.15) is 0 Å². The number of hydrogen-bond acceptors (Lipinski definition) is 37. The lowest BCUT2D eigenvalue weighted by atomic mass is 9.94. The summed E-state index contributed by atoms with van der Waals surface area (Å²) < 4.78 is 227. The molecule has 0 radical (unpaired) electrons. The summed E-state index contributed by atoms with van der Waals surface area (Å²) in [6, 6.07) is 0. The highest BCUT2D eigenvalue weighted by Crippen LogP contribution is 2.43. The summed E-state index contributed by atoms with van der Waals surface area (Å²) in [6.07, 6.45) is -38.0. The molecule has 0 spiro atoms. The van der Waals surface area contributed by atoms with E-state index in [2.05, 4.69) is 0 Å². The van der Waals surface area contributed by atoms with Crippen molar-refractivity contribution in [1.82, 2.24) is 4.90 Å². The van der Waals surface area contributed by atoms with Crippen LogP contribution in [0.5, 0.6) is 0 Å². The van der Waals surface area contributed by atoms with Gasteiger partial charge >= 0.3 is 5.97 Å². The minimum atomic E-state index is -1.36. The molecule has 14 bridgehead atoms. The van der Waals surface area contributed by atoms with Crippen molar-refractivity contribution in [3.8, 4) is 0 Å². The molecule has 103 heavy (non-hydrogen) atoms. The van der Waals surface area contributed by atoms with Crippen LogP contribution in [0.25, 0.3) is 0 Å². The molecule has 35 atom stereocenters. The molecule has 0 unspecified atom stereocenters. The fourth-order valence-corrected chi connectivity index (χ4v) is 15.2. The Hall–Kier alpha value is -1.93. The Morgan fingerprint density at radius 3 is 0.495 bits per heavy atom. The lowest BCUT2D eigenvalue weighted by molar-refractivity contribution is -0.402. The van der Waals surface area contributed by atoms with Gasteiger partial charge in [-0.2, -0.15) is 0 Å². The second kappa shape index (κ2) is 42.5. The van der Waals surface area contributed by atoms with Gasteiger partial charge in [-0.1, -0.05) is 0 Å². The average molecular weight is 1500 g/mol. The van der Waals surface area contributed by atoms with Gasteiger partial charge in [0.1, 0.15) is 178 Å². The zero-order valence-corrected chi connectivity index (χ0v) is 63.5. The molecule has 0 N–H and O–H groups in total. The SMILES string of the molecule is COC[C@@H]1O[C@@H]2O[C@H]3[C@H](OC)[C@@H](OC)[C@@H](O[C@H]4[C@H](OC)[C@H](OC)[C@@H](O[C@H]5[C@H](OC)[C@H](OC)[C@@H](O[C@H]6[C@H](OC)[C@@H](OC)[C@@H](O[C@H]7[C@H](OC)[C@@H](OC)[C@@H](O[C@H]8[C@H](OC)[C@@H](OC)[C@@H](O[C@H]1[C@H](OC)[C@H]2OC)O[C@H]8COC)O[C@H]7COC)O[C@@H]6COC)O[C@@H]5COC)O[C@@H]4COC)O[C@H]3COC(=O)CN(C)C.